The Balaban J connectivity index is 1.58. The van der Waals surface area contributed by atoms with Crippen LogP contribution in [0.15, 0.2) is 54.6 Å². The number of amides is 1. The zero-order valence-electron chi connectivity index (χ0n) is 12.8. The maximum absolute atomic E-state index is 12.2. The second kappa shape index (κ2) is 7.12. The van der Waals surface area contributed by atoms with Crippen LogP contribution in [0.4, 0.5) is 5.69 Å². The van der Waals surface area contributed by atoms with Crippen molar-refractivity contribution in [3.05, 3.63) is 65.7 Å². The second-order valence-electron chi connectivity index (χ2n) is 5.76. The molecule has 0 bridgehead atoms. The molecule has 0 aromatic heterocycles. The molecule has 114 valence electrons. The van der Waals surface area contributed by atoms with Gasteiger partial charge in [-0.1, -0.05) is 30.3 Å². The van der Waals surface area contributed by atoms with E-state index in [9.17, 15) is 4.79 Å². The van der Waals surface area contributed by atoms with Gasteiger partial charge in [0, 0.05) is 30.9 Å². The van der Waals surface area contributed by atoms with Crippen molar-refractivity contribution < 1.29 is 4.79 Å². The van der Waals surface area contributed by atoms with E-state index >= 15 is 0 Å². The van der Waals surface area contributed by atoms with Crippen molar-refractivity contribution in [2.45, 2.75) is 25.8 Å². The zero-order chi connectivity index (χ0) is 15.2. The molecule has 0 aliphatic carbocycles. The van der Waals surface area contributed by atoms with E-state index in [4.69, 9.17) is 0 Å². The van der Waals surface area contributed by atoms with Gasteiger partial charge in [-0.05, 0) is 49.1 Å². The molecule has 0 spiro atoms. The van der Waals surface area contributed by atoms with Gasteiger partial charge in [0.1, 0.15) is 0 Å². The van der Waals surface area contributed by atoms with Crippen LogP contribution in [0.1, 0.15) is 35.2 Å². The number of nitrogens with zero attached hydrogens (tertiary/aromatic N) is 1. The summed E-state index contributed by atoms with van der Waals surface area (Å²) in [6.07, 6.45) is 3.86. The van der Waals surface area contributed by atoms with Gasteiger partial charge >= 0.3 is 0 Å². The summed E-state index contributed by atoms with van der Waals surface area (Å²) >= 11 is 0. The van der Waals surface area contributed by atoms with E-state index in [2.05, 4.69) is 22.3 Å². The number of carbonyl (C=O) groups is 1. The molecule has 3 heteroatoms. The minimum absolute atomic E-state index is 0.0194. The molecule has 2 aromatic carbocycles. The van der Waals surface area contributed by atoms with Gasteiger partial charge in [0.15, 0.2) is 0 Å². The minimum Gasteiger partial charge on any atom is -0.372 e. The smallest absolute Gasteiger partial charge is 0.251 e. The fourth-order valence-electron chi connectivity index (χ4n) is 2.86. The van der Waals surface area contributed by atoms with Gasteiger partial charge < -0.3 is 10.2 Å². The molecular formula is C19H22N2O. The Kier molecular flexibility index (Phi) is 4.74. The van der Waals surface area contributed by atoms with E-state index in [0.29, 0.717) is 6.54 Å². The highest BCUT2D eigenvalue weighted by atomic mass is 16.1. The fourth-order valence-corrected chi connectivity index (χ4v) is 2.86. The van der Waals surface area contributed by atoms with Gasteiger partial charge in [-0.2, -0.15) is 0 Å². The molecule has 0 unspecified atom stereocenters. The van der Waals surface area contributed by atoms with Crippen LogP contribution in [0.25, 0.3) is 0 Å². The van der Waals surface area contributed by atoms with Crippen LogP contribution in [0.3, 0.4) is 0 Å². The number of piperidine rings is 1. The molecule has 0 radical (unpaired) electrons. The molecule has 3 rings (SSSR count). The Bertz CT molecular complexity index is 601. The number of rotatable bonds is 4. The molecule has 2 aromatic rings. The highest BCUT2D eigenvalue weighted by Crippen LogP contribution is 2.20. The third-order valence-corrected chi connectivity index (χ3v) is 4.15. The SMILES string of the molecule is O=C(NCc1ccccc1)c1ccc(N2CCCCC2)cc1. The standard InChI is InChI=1S/C19H22N2O/c22-19(20-15-16-7-3-1-4-8-16)17-9-11-18(12-10-17)21-13-5-2-6-14-21/h1,3-4,7-12H,2,5-6,13-15H2,(H,20,22). The Labute approximate surface area is 132 Å². The second-order valence-corrected chi connectivity index (χ2v) is 5.76. The molecule has 1 aliphatic heterocycles. The number of benzene rings is 2. The Hall–Kier alpha value is -2.29. The van der Waals surface area contributed by atoms with E-state index < -0.39 is 0 Å². The monoisotopic (exact) mass is 294 g/mol. The molecule has 0 saturated carbocycles. The molecule has 1 heterocycles. The van der Waals surface area contributed by atoms with E-state index in [1.165, 1.54) is 24.9 Å². The van der Waals surface area contributed by atoms with Crippen LogP contribution < -0.4 is 10.2 Å². The lowest BCUT2D eigenvalue weighted by molar-refractivity contribution is 0.0951. The Morgan fingerprint density at radius 3 is 2.27 bits per heavy atom. The highest BCUT2D eigenvalue weighted by molar-refractivity contribution is 5.94. The zero-order valence-corrected chi connectivity index (χ0v) is 12.8. The summed E-state index contributed by atoms with van der Waals surface area (Å²) in [4.78, 5) is 14.6. The van der Waals surface area contributed by atoms with Gasteiger partial charge in [0.05, 0.1) is 0 Å². The molecule has 1 N–H and O–H groups in total. The number of hydrogen-bond donors (Lipinski definition) is 1. The van der Waals surface area contributed by atoms with E-state index in [1.807, 2.05) is 42.5 Å². The summed E-state index contributed by atoms with van der Waals surface area (Å²) < 4.78 is 0. The van der Waals surface area contributed by atoms with Crippen LogP contribution in [-0.4, -0.2) is 19.0 Å². The summed E-state index contributed by atoms with van der Waals surface area (Å²) in [6, 6.07) is 17.9. The summed E-state index contributed by atoms with van der Waals surface area (Å²) in [5.74, 6) is -0.0194. The first-order valence-corrected chi connectivity index (χ1v) is 8.00. The fraction of sp³-hybridized carbons (Fsp3) is 0.316. The third kappa shape index (κ3) is 3.67. The van der Waals surface area contributed by atoms with Crippen molar-refractivity contribution in [3.8, 4) is 0 Å². The average Bonchev–Trinajstić information content (AvgIpc) is 2.61. The van der Waals surface area contributed by atoms with Crippen molar-refractivity contribution in [2.24, 2.45) is 0 Å². The largest absolute Gasteiger partial charge is 0.372 e. The van der Waals surface area contributed by atoms with Crippen molar-refractivity contribution >= 4 is 11.6 Å². The van der Waals surface area contributed by atoms with Crippen LogP contribution in [0.2, 0.25) is 0 Å². The van der Waals surface area contributed by atoms with Crippen molar-refractivity contribution in [3.63, 3.8) is 0 Å². The molecule has 22 heavy (non-hydrogen) atoms. The van der Waals surface area contributed by atoms with Gasteiger partial charge in [-0.15, -0.1) is 0 Å². The predicted molar refractivity (Wildman–Crippen MR) is 90.1 cm³/mol. The van der Waals surface area contributed by atoms with Gasteiger partial charge in [-0.25, -0.2) is 0 Å². The van der Waals surface area contributed by atoms with Crippen LogP contribution in [-0.2, 0) is 6.54 Å². The van der Waals surface area contributed by atoms with Crippen LogP contribution >= 0.6 is 0 Å². The van der Waals surface area contributed by atoms with Crippen LogP contribution in [0, 0.1) is 0 Å². The van der Waals surface area contributed by atoms with Gasteiger partial charge in [0.2, 0.25) is 0 Å². The predicted octanol–water partition coefficient (Wildman–Crippen LogP) is 3.61. The number of anilines is 1. The van der Waals surface area contributed by atoms with Crippen molar-refractivity contribution in [2.75, 3.05) is 18.0 Å². The summed E-state index contributed by atoms with van der Waals surface area (Å²) in [7, 11) is 0. The molecule has 1 amide bonds. The Morgan fingerprint density at radius 1 is 0.909 bits per heavy atom. The lowest BCUT2D eigenvalue weighted by Gasteiger charge is -2.28. The molecule has 1 saturated heterocycles. The first-order valence-electron chi connectivity index (χ1n) is 8.00. The number of nitrogens with one attached hydrogen (secondary N) is 1. The van der Waals surface area contributed by atoms with E-state index in [1.54, 1.807) is 0 Å². The topological polar surface area (TPSA) is 32.3 Å². The molecule has 1 fully saturated rings. The quantitative estimate of drug-likeness (QED) is 0.934. The molecule has 1 aliphatic rings. The summed E-state index contributed by atoms with van der Waals surface area (Å²) in [6.45, 7) is 2.81. The third-order valence-electron chi connectivity index (χ3n) is 4.15. The number of hydrogen-bond acceptors (Lipinski definition) is 2. The maximum Gasteiger partial charge on any atom is 0.251 e. The van der Waals surface area contributed by atoms with Gasteiger partial charge in [-0.3, -0.25) is 4.79 Å². The Morgan fingerprint density at radius 2 is 1.59 bits per heavy atom. The highest BCUT2D eigenvalue weighted by Gasteiger charge is 2.11. The van der Waals surface area contributed by atoms with Crippen molar-refractivity contribution in [1.82, 2.24) is 5.32 Å². The molecule has 0 atom stereocenters. The van der Waals surface area contributed by atoms with E-state index in [0.717, 1.165) is 24.2 Å². The molecular weight excluding hydrogens is 272 g/mol. The first kappa shape index (κ1) is 14.6. The summed E-state index contributed by atoms with van der Waals surface area (Å²) in [5, 5.41) is 2.96. The average molecular weight is 294 g/mol. The minimum atomic E-state index is -0.0194. The van der Waals surface area contributed by atoms with E-state index in [-0.39, 0.29) is 5.91 Å². The molecule has 3 nitrogen and oxygen atoms in total. The number of carbonyl (C=O) groups excluding carboxylic acids is 1. The normalized spacial score (nSPS) is 14.6. The first-order chi connectivity index (χ1) is 10.8. The van der Waals surface area contributed by atoms with Gasteiger partial charge in [0.25, 0.3) is 5.91 Å². The summed E-state index contributed by atoms with van der Waals surface area (Å²) in [5.41, 5.74) is 3.05. The van der Waals surface area contributed by atoms with Crippen molar-refractivity contribution in [1.29, 1.82) is 0 Å². The lowest BCUT2D eigenvalue weighted by Crippen LogP contribution is -2.29. The van der Waals surface area contributed by atoms with Crippen LogP contribution in [0.5, 0.6) is 0 Å². The maximum atomic E-state index is 12.2. The lowest BCUT2D eigenvalue weighted by atomic mass is 10.1.